The summed E-state index contributed by atoms with van der Waals surface area (Å²) in [5.41, 5.74) is 13.6. The van der Waals surface area contributed by atoms with E-state index >= 15 is 0 Å². The van der Waals surface area contributed by atoms with Gasteiger partial charge in [-0.1, -0.05) is 127 Å². The number of hydrogen-bond donors (Lipinski definition) is 0. The molecule has 0 fully saturated rings. The van der Waals surface area contributed by atoms with Crippen LogP contribution in [0.1, 0.15) is 0 Å². The largest absolute Gasteiger partial charge is 0.310 e. The number of anilines is 3. The zero-order chi connectivity index (χ0) is 42.8. The van der Waals surface area contributed by atoms with Crippen LogP contribution in [-0.4, -0.2) is 19.9 Å². The smallest absolute Gasteiger partial charge is 0.0964 e. The fourth-order valence-corrected chi connectivity index (χ4v) is 9.59. The van der Waals surface area contributed by atoms with Crippen molar-refractivity contribution in [3.05, 3.63) is 225 Å². The third kappa shape index (κ3) is 6.40. The molecule has 0 aliphatic rings. The van der Waals surface area contributed by atoms with Crippen molar-refractivity contribution in [1.82, 2.24) is 19.9 Å². The average Bonchev–Trinajstić information content (AvgIpc) is 3.38. The van der Waals surface area contributed by atoms with Crippen LogP contribution in [0.2, 0.25) is 0 Å². The van der Waals surface area contributed by atoms with Gasteiger partial charge in [-0.15, -0.1) is 0 Å². The highest BCUT2D eigenvalue weighted by Crippen LogP contribution is 2.40. The normalized spacial score (nSPS) is 11.7. The Morgan fingerprint density at radius 1 is 0.246 bits per heavy atom. The molecule has 13 aromatic rings. The van der Waals surface area contributed by atoms with Gasteiger partial charge in [0.15, 0.2) is 0 Å². The number of aromatic nitrogens is 4. The first kappa shape index (κ1) is 36.8. The summed E-state index contributed by atoms with van der Waals surface area (Å²) < 4.78 is 0. The summed E-state index contributed by atoms with van der Waals surface area (Å²) in [7, 11) is 0. The van der Waals surface area contributed by atoms with Gasteiger partial charge in [-0.25, -0.2) is 0 Å². The van der Waals surface area contributed by atoms with Crippen LogP contribution in [0, 0.1) is 0 Å². The highest BCUT2D eigenvalue weighted by Gasteiger charge is 2.16. The van der Waals surface area contributed by atoms with E-state index < -0.39 is 0 Å². The molecule has 9 aromatic carbocycles. The van der Waals surface area contributed by atoms with Crippen LogP contribution < -0.4 is 4.90 Å². The van der Waals surface area contributed by atoms with Crippen molar-refractivity contribution >= 4 is 93.0 Å². The molecular formula is C60H37N5. The maximum absolute atomic E-state index is 4.90. The second-order valence-corrected chi connectivity index (χ2v) is 16.8. The Hall–Kier alpha value is -8.80. The number of nitrogens with zero attached hydrogens (tertiary/aromatic N) is 5. The van der Waals surface area contributed by atoms with Gasteiger partial charge >= 0.3 is 0 Å². The van der Waals surface area contributed by atoms with Crippen molar-refractivity contribution in [2.45, 2.75) is 0 Å². The molecule has 0 bridgehead atoms. The van der Waals surface area contributed by atoms with Crippen molar-refractivity contribution < 1.29 is 0 Å². The molecule has 0 saturated heterocycles. The molecule has 0 atom stereocenters. The molecule has 0 N–H and O–H groups in total. The first-order valence-electron chi connectivity index (χ1n) is 21.9. The summed E-state index contributed by atoms with van der Waals surface area (Å²) in [6, 6.07) is 72.1. The number of rotatable bonds is 6. The monoisotopic (exact) mass is 827 g/mol. The van der Waals surface area contributed by atoms with Gasteiger partial charge in [-0.3, -0.25) is 19.9 Å². The van der Waals surface area contributed by atoms with Gasteiger partial charge in [0.2, 0.25) is 0 Å². The fourth-order valence-electron chi connectivity index (χ4n) is 9.59. The van der Waals surface area contributed by atoms with E-state index in [-0.39, 0.29) is 0 Å². The summed E-state index contributed by atoms with van der Waals surface area (Å²) >= 11 is 0. The van der Waals surface area contributed by atoms with Crippen LogP contribution in [0.25, 0.3) is 109 Å². The van der Waals surface area contributed by atoms with E-state index in [1.54, 1.807) is 0 Å². The van der Waals surface area contributed by atoms with E-state index in [1.807, 2.05) is 36.9 Å². The predicted molar refractivity (Wildman–Crippen MR) is 271 cm³/mol. The topological polar surface area (TPSA) is 54.8 Å². The number of fused-ring (bicyclic) bond motifs is 10. The molecule has 13 rings (SSSR count). The molecule has 4 heterocycles. The van der Waals surface area contributed by atoms with E-state index in [0.717, 1.165) is 82.9 Å². The lowest BCUT2D eigenvalue weighted by molar-refractivity contribution is 1.29. The summed E-state index contributed by atoms with van der Waals surface area (Å²) in [4.78, 5) is 21.4. The summed E-state index contributed by atoms with van der Waals surface area (Å²) in [6.45, 7) is 0. The molecule has 0 aliphatic carbocycles. The number of hydrogen-bond acceptors (Lipinski definition) is 5. The van der Waals surface area contributed by atoms with Crippen molar-refractivity contribution in [3.8, 4) is 33.4 Å². The Kier molecular flexibility index (Phi) is 8.46. The third-order valence-corrected chi connectivity index (χ3v) is 12.9. The first-order chi connectivity index (χ1) is 32.2. The van der Waals surface area contributed by atoms with Gasteiger partial charge in [0.1, 0.15) is 0 Å². The highest BCUT2D eigenvalue weighted by atomic mass is 15.1. The van der Waals surface area contributed by atoms with Crippen LogP contribution in [-0.2, 0) is 0 Å². The molecule has 0 unspecified atom stereocenters. The molecule has 0 aliphatic heterocycles. The van der Waals surface area contributed by atoms with Crippen LogP contribution in [0.5, 0.6) is 0 Å². The minimum Gasteiger partial charge on any atom is -0.310 e. The van der Waals surface area contributed by atoms with Crippen molar-refractivity contribution in [3.63, 3.8) is 0 Å². The molecule has 65 heavy (non-hydrogen) atoms. The standard InChI is InChI=1S/C60H37N5/c1-2-6-43-31-44(12-9-38(43)5-1)45-21-27-55-46(32-45)13-14-47-35-54(26-28-56(47)55)65(52-22-17-39(18-23-52)50-33-48-15-10-41-7-3-29-61-57(41)59(48)63-36-50)53-24-19-40(20-25-53)51-34-49-16-11-42-8-4-30-62-58(42)60(49)64-37-51/h1-37H. The second kappa shape index (κ2) is 14.9. The van der Waals surface area contributed by atoms with Gasteiger partial charge in [-0.2, -0.15) is 0 Å². The number of pyridine rings is 4. The molecule has 5 heteroatoms. The van der Waals surface area contributed by atoms with Crippen LogP contribution in [0.3, 0.4) is 0 Å². The lowest BCUT2D eigenvalue weighted by Crippen LogP contribution is -2.09. The van der Waals surface area contributed by atoms with E-state index in [0.29, 0.717) is 0 Å². The van der Waals surface area contributed by atoms with Crippen molar-refractivity contribution in [1.29, 1.82) is 0 Å². The SMILES string of the molecule is c1ccc2cc(-c3ccc4c(ccc5cc(N(c6ccc(-c7cnc8c(ccc9cccnc98)c7)cc6)c6ccc(-c7cnc8c(ccc9cccnc98)c7)cc6)ccc54)c3)ccc2c1. The molecule has 5 nitrogen and oxygen atoms in total. The molecular weight excluding hydrogens is 791 g/mol. The summed E-state index contributed by atoms with van der Waals surface area (Å²) in [6.07, 6.45) is 7.58. The Balaban J connectivity index is 0.882. The summed E-state index contributed by atoms with van der Waals surface area (Å²) in [5, 5.41) is 11.7. The quantitative estimate of drug-likeness (QED) is 0.156. The second-order valence-electron chi connectivity index (χ2n) is 16.8. The zero-order valence-electron chi connectivity index (χ0n) is 35.1. The van der Waals surface area contributed by atoms with Gasteiger partial charge in [-0.05, 0) is 127 Å². The van der Waals surface area contributed by atoms with Gasteiger partial charge in [0.25, 0.3) is 0 Å². The Bertz CT molecular complexity index is 3850. The van der Waals surface area contributed by atoms with Crippen molar-refractivity contribution in [2.75, 3.05) is 4.90 Å². The molecule has 4 aromatic heterocycles. The maximum atomic E-state index is 4.90. The highest BCUT2D eigenvalue weighted by molar-refractivity contribution is 6.10. The Labute approximate surface area is 374 Å². The predicted octanol–water partition coefficient (Wildman–Crippen LogP) is 15.8. The minimum atomic E-state index is 0.914. The maximum Gasteiger partial charge on any atom is 0.0964 e. The van der Waals surface area contributed by atoms with Crippen LogP contribution in [0.4, 0.5) is 17.1 Å². The third-order valence-electron chi connectivity index (χ3n) is 12.9. The molecule has 0 saturated carbocycles. The van der Waals surface area contributed by atoms with Crippen LogP contribution in [0.15, 0.2) is 225 Å². The van der Waals surface area contributed by atoms with Gasteiger partial charge in [0, 0.05) is 74.5 Å². The fraction of sp³-hybridized carbons (Fsp3) is 0. The number of benzene rings is 9. The van der Waals surface area contributed by atoms with E-state index in [9.17, 15) is 0 Å². The molecule has 0 amide bonds. The van der Waals surface area contributed by atoms with Crippen molar-refractivity contribution in [2.24, 2.45) is 0 Å². The van der Waals surface area contributed by atoms with Gasteiger partial charge in [0.05, 0.1) is 22.1 Å². The van der Waals surface area contributed by atoms with E-state index in [4.69, 9.17) is 9.97 Å². The van der Waals surface area contributed by atoms with Crippen LogP contribution >= 0.6 is 0 Å². The lowest BCUT2D eigenvalue weighted by atomic mass is 9.96. The zero-order valence-corrected chi connectivity index (χ0v) is 35.1. The Morgan fingerprint density at radius 2 is 0.646 bits per heavy atom. The van der Waals surface area contributed by atoms with Gasteiger partial charge < -0.3 is 4.90 Å². The molecule has 0 radical (unpaired) electrons. The minimum absolute atomic E-state index is 0.914. The summed E-state index contributed by atoms with van der Waals surface area (Å²) in [5.74, 6) is 0. The van der Waals surface area contributed by atoms with E-state index in [1.165, 1.54) is 43.4 Å². The first-order valence-corrected chi connectivity index (χ1v) is 21.9. The molecule has 0 spiro atoms. The van der Waals surface area contributed by atoms with E-state index in [2.05, 4.69) is 203 Å². The average molecular weight is 828 g/mol. The Morgan fingerprint density at radius 3 is 1.25 bits per heavy atom. The molecule has 302 valence electrons. The lowest BCUT2D eigenvalue weighted by Gasteiger charge is -2.26.